The molecule has 0 unspecified atom stereocenters. The summed E-state index contributed by atoms with van der Waals surface area (Å²) in [6.45, 7) is -0.168. The molecule has 10 nitrogen and oxygen atoms in total. The minimum Gasteiger partial charge on any atom is -0.394 e. The van der Waals surface area contributed by atoms with Gasteiger partial charge in [0, 0.05) is 11.3 Å². The minimum atomic E-state index is -0.776. The number of azide groups is 1. The van der Waals surface area contributed by atoms with Crippen molar-refractivity contribution in [1.82, 2.24) is 19.5 Å². The second-order valence-electron chi connectivity index (χ2n) is 4.35. The molecule has 0 spiro atoms. The molecular weight excluding hydrogens is 266 g/mol. The first-order valence-corrected chi connectivity index (χ1v) is 5.91. The summed E-state index contributed by atoms with van der Waals surface area (Å²) in [5, 5.41) is 22.5. The lowest BCUT2D eigenvalue weighted by atomic mass is 10.2. The molecule has 20 heavy (non-hydrogen) atoms. The highest BCUT2D eigenvalue weighted by atomic mass is 16.5. The van der Waals surface area contributed by atoms with Gasteiger partial charge in [0.15, 0.2) is 17.7 Å². The van der Waals surface area contributed by atoms with E-state index in [2.05, 4.69) is 25.0 Å². The van der Waals surface area contributed by atoms with E-state index in [1.165, 1.54) is 17.2 Å². The summed E-state index contributed by atoms with van der Waals surface area (Å²) in [6, 6.07) is 0. The van der Waals surface area contributed by atoms with Crippen molar-refractivity contribution in [2.45, 2.75) is 24.9 Å². The first-order valence-electron chi connectivity index (χ1n) is 5.91. The lowest BCUT2D eigenvalue weighted by Gasteiger charge is -2.16. The third-order valence-electron chi connectivity index (χ3n) is 3.12. The molecule has 1 aliphatic rings. The van der Waals surface area contributed by atoms with E-state index in [1.54, 1.807) is 0 Å². The van der Waals surface area contributed by atoms with Crippen molar-refractivity contribution < 1.29 is 14.9 Å². The molecule has 0 aliphatic carbocycles. The molecule has 104 valence electrons. The summed E-state index contributed by atoms with van der Waals surface area (Å²) < 4.78 is 7.07. The van der Waals surface area contributed by atoms with Gasteiger partial charge < -0.3 is 14.9 Å². The topological polar surface area (TPSA) is 142 Å². The van der Waals surface area contributed by atoms with Crippen LogP contribution in [-0.4, -0.2) is 48.5 Å². The number of ether oxygens (including phenoxy) is 1. The number of imidazole rings is 1. The molecule has 3 heterocycles. The van der Waals surface area contributed by atoms with Crippen LogP contribution >= 0.6 is 0 Å². The van der Waals surface area contributed by atoms with Crippen molar-refractivity contribution in [3.8, 4) is 0 Å². The van der Waals surface area contributed by atoms with Gasteiger partial charge in [-0.2, -0.15) is 0 Å². The Morgan fingerprint density at radius 1 is 1.50 bits per heavy atom. The lowest BCUT2D eigenvalue weighted by Crippen LogP contribution is -2.19. The second kappa shape index (κ2) is 5.02. The van der Waals surface area contributed by atoms with Crippen molar-refractivity contribution in [2.75, 3.05) is 6.61 Å². The van der Waals surface area contributed by atoms with E-state index in [9.17, 15) is 5.11 Å². The molecule has 1 aliphatic heterocycles. The first-order chi connectivity index (χ1) is 9.74. The molecule has 1 fully saturated rings. The van der Waals surface area contributed by atoms with Crippen molar-refractivity contribution in [1.29, 1.82) is 0 Å². The Hall–Kier alpha value is -2.26. The Kier molecular flexibility index (Phi) is 3.20. The maximum Gasteiger partial charge on any atom is 0.165 e. The van der Waals surface area contributed by atoms with E-state index in [4.69, 9.17) is 15.4 Å². The normalized spacial score (nSPS) is 25.8. The molecule has 0 amide bonds. The largest absolute Gasteiger partial charge is 0.394 e. The van der Waals surface area contributed by atoms with E-state index in [-0.39, 0.29) is 12.4 Å². The molecule has 0 bridgehead atoms. The molecule has 1 saturated heterocycles. The average Bonchev–Trinajstić information content (AvgIpc) is 3.03. The van der Waals surface area contributed by atoms with Gasteiger partial charge in [-0.3, -0.25) is 4.57 Å². The molecular formula is C10H11N7O3. The third kappa shape index (κ3) is 1.96. The average molecular weight is 277 g/mol. The van der Waals surface area contributed by atoms with Gasteiger partial charge in [0.25, 0.3) is 0 Å². The molecule has 0 radical (unpaired) electrons. The van der Waals surface area contributed by atoms with Crippen LogP contribution in [-0.2, 0) is 4.74 Å². The standard InChI is InChI=1S/C10H11N7O3/c11-16-15-8-7-9(13-3-12-8)17(4-14-7)10-6(19)1-5(2-18)20-10/h3-6,10,18-19H,1-2H2/t5-,6+,10+/m0/s1. The summed E-state index contributed by atoms with van der Waals surface area (Å²) in [4.78, 5) is 14.7. The zero-order valence-electron chi connectivity index (χ0n) is 10.2. The maximum atomic E-state index is 9.98. The van der Waals surface area contributed by atoms with Gasteiger partial charge in [0.05, 0.1) is 19.0 Å². The highest BCUT2D eigenvalue weighted by molar-refractivity contribution is 5.80. The van der Waals surface area contributed by atoms with Crippen LogP contribution in [0.1, 0.15) is 12.6 Å². The van der Waals surface area contributed by atoms with Crippen LogP contribution in [0.15, 0.2) is 17.8 Å². The van der Waals surface area contributed by atoms with Crippen LogP contribution < -0.4 is 0 Å². The van der Waals surface area contributed by atoms with Crippen molar-refractivity contribution in [2.24, 2.45) is 5.11 Å². The van der Waals surface area contributed by atoms with Gasteiger partial charge in [-0.05, 0) is 10.6 Å². The highest BCUT2D eigenvalue weighted by Gasteiger charge is 2.35. The fourth-order valence-electron chi connectivity index (χ4n) is 2.24. The quantitative estimate of drug-likeness (QED) is 0.472. The number of hydrogen-bond donors (Lipinski definition) is 2. The SMILES string of the molecule is [N-]=[N+]=Nc1ncnc2c1ncn2[C@@H]1O[C@H](CO)C[C@H]1O. The van der Waals surface area contributed by atoms with Gasteiger partial charge in [-0.1, -0.05) is 0 Å². The van der Waals surface area contributed by atoms with Crippen molar-refractivity contribution in [3.05, 3.63) is 23.1 Å². The Morgan fingerprint density at radius 2 is 2.35 bits per heavy atom. The molecule has 3 rings (SSSR count). The molecule has 2 N–H and O–H groups in total. The number of aromatic nitrogens is 4. The molecule has 10 heteroatoms. The summed E-state index contributed by atoms with van der Waals surface area (Å²) in [5.41, 5.74) is 9.20. The monoisotopic (exact) mass is 277 g/mol. The number of fused-ring (bicyclic) bond motifs is 1. The number of rotatable bonds is 3. The first kappa shape index (κ1) is 12.8. The van der Waals surface area contributed by atoms with Crippen LogP contribution in [0, 0.1) is 0 Å². The predicted octanol–water partition coefficient (Wildman–Crippen LogP) is 0.409. The lowest BCUT2D eigenvalue weighted by molar-refractivity contribution is -0.0486. The third-order valence-corrected chi connectivity index (χ3v) is 3.12. The van der Waals surface area contributed by atoms with Gasteiger partial charge in [0.2, 0.25) is 0 Å². The van der Waals surface area contributed by atoms with Crippen LogP contribution in [0.3, 0.4) is 0 Å². The fraction of sp³-hybridized carbons (Fsp3) is 0.500. The van der Waals surface area contributed by atoms with Crippen molar-refractivity contribution >= 4 is 17.0 Å². The Bertz CT molecular complexity index is 681. The summed E-state index contributed by atoms with van der Waals surface area (Å²) in [7, 11) is 0. The fourth-order valence-corrected chi connectivity index (χ4v) is 2.24. The Balaban J connectivity index is 2.05. The summed E-state index contributed by atoms with van der Waals surface area (Å²) in [5.74, 6) is 0.113. The van der Waals surface area contributed by atoms with Gasteiger partial charge in [-0.15, -0.1) is 0 Å². The van der Waals surface area contributed by atoms with Gasteiger partial charge in [-0.25, -0.2) is 15.0 Å². The molecule has 2 aromatic heterocycles. The minimum absolute atomic E-state index is 0.113. The smallest absolute Gasteiger partial charge is 0.165 e. The summed E-state index contributed by atoms with van der Waals surface area (Å²) >= 11 is 0. The number of aliphatic hydroxyl groups excluding tert-OH is 2. The van der Waals surface area contributed by atoms with Crippen molar-refractivity contribution in [3.63, 3.8) is 0 Å². The second-order valence-corrected chi connectivity index (χ2v) is 4.35. The van der Waals surface area contributed by atoms with Crippen LogP contribution in [0.2, 0.25) is 0 Å². The van der Waals surface area contributed by atoms with Crippen LogP contribution in [0.4, 0.5) is 5.82 Å². The predicted molar refractivity (Wildman–Crippen MR) is 65.7 cm³/mol. The Morgan fingerprint density at radius 3 is 3.05 bits per heavy atom. The number of nitrogens with zero attached hydrogens (tertiary/aromatic N) is 7. The van der Waals surface area contributed by atoms with Gasteiger partial charge >= 0.3 is 0 Å². The zero-order chi connectivity index (χ0) is 14.1. The van der Waals surface area contributed by atoms with E-state index in [0.717, 1.165) is 0 Å². The molecule has 3 atom stereocenters. The molecule has 0 saturated carbocycles. The zero-order valence-corrected chi connectivity index (χ0v) is 10.2. The number of aliphatic hydroxyl groups is 2. The molecule has 0 aromatic carbocycles. The van der Waals surface area contributed by atoms with E-state index in [0.29, 0.717) is 17.6 Å². The van der Waals surface area contributed by atoms with Crippen LogP contribution in [0.25, 0.3) is 21.6 Å². The highest BCUT2D eigenvalue weighted by Crippen LogP contribution is 2.31. The summed E-state index contributed by atoms with van der Waals surface area (Å²) in [6.07, 6.45) is 1.12. The maximum absolute atomic E-state index is 9.98. The molecule has 2 aromatic rings. The van der Waals surface area contributed by atoms with E-state index in [1.807, 2.05) is 0 Å². The van der Waals surface area contributed by atoms with Gasteiger partial charge in [0.1, 0.15) is 17.9 Å². The van der Waals surface area contributed by atoms with E-state index < -0.39 is 18.4 Å². The van der Waals surface area contributed by atoms with Crippen LogP contribution in [0.5, 0.6) is 0 Å². The number of hydrogen-bond acceptors (Lipinski definition) is 7. The Labute approximate surface area is 112 Å². The van der Waals surface area contributed by atoms with E-state index >= 15 is 0 Å².